The molecule has 4 heteroatoms. The van der Waals surface area contributed by atoms with E-state index in [-0.39, 0.29) is 5.57 Å². The maximum absolute atomic E-state index is 10.7. The van der Waals surface area contributed by atoms with Crippen LogP contribution in [0.25, 0.3) is 6.08 Å². The molecule has 0 spiro atoms. The predicted octanol–water partition coefficient (Wildman–Crippen LogP) is 4.71. The molecule has 0 fully saturated rings. The van der Waals surface area contributed by atoms with Crippen LogP contribution in [0.1, 0.15) is 24.0 Å². The van der Waals surface area contributed by atoms with E-state index in [9.17, 15) is 4.79 Å². The molecule has 0 unspecified atom stereocenters. The molecule has 130 valence electrons. The average Bonchev–Trinajstić information content (AvgIpc) is 2.64. The van der Waals surface area contributed by atoms with Crippen molar-refractivity contribution in [3.63, 3.8) is 0 Å². The van der Waals surface area contributed by atoms with Crippen LogP contribution in [0.5, 0.6) is 11.5 Å². The summed E-state index contributed by atoms with van der Waals surface area (Å²) in [4.78, 5) is 10.7. The van der Waals surface area contributed by atoms with Crippen LogP contribution in [0.15, 0.2) is 66.8 Å². The van der Waals surface area contributed by atoms with E-state index in [0.29, 0.717) is 30.9 Å². The first kappa shape index (κ1) is 18.3. The van der Waals surface area contributed by atoms with Gasteiger partial charge in [0.1, 0.15) is 6.61 Å². The van der Waals surface area contributed by atoms with Gasteiger partial charge in [-0.05, 0) is 36.1 Å². The standard InChI is InChI=1S/C21H22O4/c1-16(21(22)23)8-6-7-9-17-12-13-19(20(14-17)24-2)25-15-18-10-4-3-5-11-18/h3-5,7,9-14H,1,6,8,15H2,2H3,(H,22,23). The highest BCUT2D eigenvalue weighted by molar-refractivity contribution is 5.85. The van der Waals surface area contributed by atoms with Gasteiger partial charge in [-0.3, -0.25) is 0 Å². The summed E-state index contributed by atoms with van der Waals surface area (Å²) in [6, 6.07) is 15.6. The molecule has 0 atom stereocenters. The number of allylic oxidation sites excluding steroid dienone is 1. The molecule has 0 saturated heterocycles. The molecule has 2 aromatic rings. The molecule has 0 aliphatic rings. The van der Waals surface area contributed by atoms with Gasteiger partial charge in [-0.25, -0.2) is 4.79 Å². The molecular weight excluding hydrogens is 316 g/mol. The summed E-state index contributed by atoms with van der Waals surface area (Å²) in [5.41, 5.74) is 2.27. The van der Waals surface area contributed by atoms with Crippen molar-refractivity contribution in [1.29, 1.82) is 0 Å². The molecule has 0 aliphatic heterocycles. The van der Waals surface area contributed by atoms with Gasteiger partial charge < -0.3 is 14.6 Å². The van der Waals surface area contributed by atoms with Crippen molar-refractivity contribution in [2.75, 3.05) is 7.11 Å². The van der Waals surface area contributed by atoms with Gasteiger partial charge in [0.05, 0.1) is 7.11 Å². The third kappa shape index (κ3) is 5.84. The van der Waals surface area contributed by atoms with Gasteiger partial charge in [-0.1, -0.05) is 55.1 Å². The fraction of sp³-hybridized carbons (Fsp3) is 0.190. The van der Waals surface area contributed by atoms with Crippen LogP contribution in [0, 0.1) is 0 Å². The Morgan fingerprint density at radius 3 is 2.60 bits per heavy atom. The van der Waals surface area contributed by atoms with Gasteiger partial charge in [0, 0.05) is 5.57 Å². The summed E-state index contributed by atoms with van der Waals surface area (Å²) >= 11 is 0. The summed E-state index contributed by atoms with van der Waals surface area (Å²) in [6.07, 6.45) is 4.91. The highest BCUT2D eigenvalue weighted by Gasteiger charge is 2.05. The van der Waals surface area contributed by atoms with Gasteiger partial charge in [0.25, 0.3) is 0 Å². The van der Waals surface area contributed by atoms with Crippen LogP contribution in [0.3, 0.4) is 0 Å². The minimum absolute atomic E-state index is 0.215. The van der Waals surface area contributed by atoms with E-state index < -0.39 is 5.97 Å². The molecule has 4 nitrogen and oxygen atoms in total. The van der Waals surface area contributed by atoms with Crippen molar-refractivity contribution < 1.29 is 19.4 Å². The Morgan fingerprint density at radius 2 is 1.92 bits per heavy atom. The van der Waals surface area contributed by atoms with Gasteiger partial charge in [-0.2, -0.15) is 0 Å². The number of hydrogen-bond donors (Lipinski definition) is 1. The number of carboxylic acids is 1. The Kier molecular flexibility index (Phi) is 6.84. The largest absolute Gasteiger partial charge is 0.493 e. The summed E-state index contributed by atoms with van der Waals surface area (Å²) in [6.45, 7) is 3.99. The molecule has 1 N–H and O–H groups in total. The van der Waals surface area contributed by atoms with Gasteiger partial charge >= 0.3 is 5.97 Å². The zero-order valence-electron chi connectivity index (χ0n) is 14.3. The summed E-state index contributed by atoms with van der Waals surface area (Å²) < 4.78 is 11.2. The fourth-order valence-corrected chi connectivity index (χ4v) is 2.23. The average molecular weight is 338 g/mol. The number of ether oxygens (including phenoxy) is 2. The van der Waals surface area contributed by atoms with Gasteiger partial charge in [0.15, 0.2) is 11.5 Å². The van der Waals surface area contributed by atoms with E-state index in [2.05, 4.69) is 6.58 Å². The fourth-order valence-electron chi connectivity index (χ4n) is 2.23. The second kappa shape index (κ2) is 9.33. The Morgan fingerprint density at radius 1 is 1.16 bits per heavy atom. The molecule has 0 bridgehead atoms. The first-order chi connectivity index (χ1) is 12.1. The lowest BCUT2D eigenvalue weighted by molar-refractivity contribution is -0.132. The second-order valence-electron chi connectivity index (χ2n) is 5.53. The number of carbonyl (C=O) groups is 1. The molecule has 2 rings (SSSR count). The smallest absolute Gasteiger partial charge is 0.330 e. The Balaban J connectivity index is 1.96. The quantitative estimate of drug-likeness (QED) is 0.673. The van der Waals surface area contributed by atoms with Crippen molar-refractivity contribution in [2.45, 2.75) is 19.4 Å². The zero-order chi connectivity index (χ0) is 18.1. The number of hydrogen-bond acceptors (Lipinski definition) is 3. The number of methoxy groups -OCH3 is 1. The third-order valence-electron chi connectivity index (χ3n) is 3.65. The van der Waals surface area contributed by atoms with Crippen LogP contribution in [-0.2, 0) is 11.4 Å². The van der Waals surface area contributed by atoms with Crippen LogP contribution >= 0.6 is 0 Å². The molecule has 0 radical (unpaired) electrons. The SMILES string of the molecule is C=C(CCC=Cc1ccc(OCc2ccccc2)c(OC)c1)C(=O)O. The summed E-state index contributed by atoms with van der Waals surface area (Å²) in [5, 5.41) is 8.78. The molecule has 0 heterocycles. The van der Waals surface area contributed by atoms with E-state index in [1.165, 1.54) is 0 Å². The highest BCUT2D eigenvalue weighted by atomic mass is 16.5. The highest BCUT2D eigenvalue weighted by Crippen LogP contribution is 2.29. The van der Waals surface area contributed by atoms with E-state index in [0.717, 1.165) is 11.1 Å². The van der Waals surface area contributed by atoms with Crippen molar-refractivity contribution in [3.05, 3.63) is 77.9 Å². The lowest BCUT2D eigenvalue weighted by Gasteiger charge is -2.11. The molecule has 2 aromatic carbocycles. The Bertz CT molecular complexity index is 748. The van der Waals surface area contributed by atoms with Crippen LogP contribution in [-0.4, -0.2) is 18.2 Å². The Hall–Kier alpha value is -3.01. The minimum atomic E-state index is -0.949. The number of benzene rings is 2. The summed E-state index contributed by atoms with van der Waals surface area (Å²) in [7, 11) is 1.61. The predicted molar refractivity (Wildman–Crippen MR) is 98.8 cm³/mol. The molecule has 0 aromatic heterocycles. The molecule has 0 aliphatic carbocycles. The van der Waals surface area contributed by atoms with E-state index in [1.807, 2.05) is 60.7 Å². The first-order valence-electron chi connectivity index (χ1n) is 8.02. The summed E-state index contributed by atoms with van der Waals surface area (Å²) in [5.74, 6) is 0.394. The van der Waals surface area contributed by atoms with Gasteiger partial charge in [0.2, 0.25) is 0 Å². The number of carboxylic acid groups (broad SMARTS) is 1. The lowest BCUT2D eigenvalue weighted by atomic mass is 10.1. The monoisotopic (exact) mass is 338 g/mol. The molecule has 0 amide bonds. The van der Waals surface area contributed by atoms with Crippen molar-refractivity contribution in [2.24, 2.45) is 0 Å². The van der Waals surface area contributed by atoms with Crippen molar-refractivity contribution in [3.8, 4) is 11.5 Å². The number of rotatable bonds is 9. The maximum Gasteiger partial charge on any atom is 0.330 e. The molecular formula is C21H22O4. The third-order valence-corrected chi connectivity index (χ3v) is 3.65. The molecule has 0 saturated carbocycles. The van der Waals surface area contributed by atoms with Crippen molar-refractivity contribution >= 4 is 12.0 Å². The molecule has 25 heavy (non-hydrogen) atoms. The van der Waals surface area contributed by atoms with Crippen LogP contribution in [0.2, 0.25) is 0 Å². The lowest BCUT2D eigenvalue weighted by Crippen LogP contribution is -1.98. The van der Waals surface area contributed by atoms with E-state index in [4.69, 9.17) is 14.6 Å². The number of aliphatic carboxylic acids is 1. The van der Waals surface area contributed by atoms with Crippen LogP contribution in [0.4, 0.5) is 0 Å². The second-order valence-corrected chi connectivity index (χ2v) is 5.53. The maximum atomic E-state index is 10.7. The van der Waals surface area contributed by atoms with Crippen molar-refractivity contribution in [1.82, 2.24) is 0 Å². The van der Waals surface area contributed by atoms with E-state index in [1.54, 1.807) is 7.11 Å². The van der Waals surface area contributed by atoms with Gasteiger partial charge in [-0.15, -0.1) is 0 Å². The first-order valence-corrected chi connectivity index (χ1v) is 8.02. The van der Waals surface area contributed by atoms with E-state index >= 15 is 0 Å². The topological polar surface area (TPSA) is 55.8 Å². The normalized spacial score (nSPS) is 10.6. The Labute approximate surface area is 148 Å². The zero-order valence-corrected chi connectivity index (χ0v) is 14.3. The van der Waals surface area contributed by atoms with Crippen LogP contribution < -0.4 is 9.47 Å². The minimum Gasteiger partial charge on any atom is -0.493 e.